The van der Waals surface area contributed by atoms with Crippen LogP contribution in [-0.4, -0.2) is 57.3 Å². The summed E-state index contributed by atoms with van der Waals surface area (Å²) in [5.41, 5.74) is -3.77. The molecule has 1 saturated heterocycles. The Morgan fingerprint density at radius 3 is 2.61 bits per heavy atom. The van der Waals surface area contributed by atoms with Gasteiger partial charge in [-0.1, -0.05) is 0 Å². The summed E-state index contributed by atoms with van der Waals surface area (Å²) in [5, 5.41) is 15.4. The highest BCUT2D eigenvalue weighted by Crippen LogP contribution is 2.63. The van der Waals surface area contributed by atoms with Crippen molar-refractivity contribution in [3.8, 4) is 16.2 Å². The number of rotatable bonds is 9. The van der Waals surface area contributed by atoms with Crippen LogP contribution in [-0.2, 0) is 23.4 Å². The van der Waals surface area contributed by atoms with Gasteiger partial charge in [-0.25, -0.2) is 13.8 Å². The lowest BCUT2D eigenvalue weighted by Gasteiger charge is -2.25. The summed E-state index contributed by atoms with van der Waals surface area (Å²) in [6, 6.07) is 8.64. The van der Waals surface area contributed by atoms with E-state index in [4.69, 9.17) is 18.5 Å². The number of alkyl halides is 1. The molecule has 0 radical (unpaired) electrons. The molecule has 5 rings (SSSR count). The van der Waals surface area contributed by atoms with E-state index in [-0.39, 0.29) is 12.2 Å². The van der Waals surface area contributed by atoms with Gasteiger partial charge in [0.15, 0.2) is 11.9 Å². The molecule has 2 fully saturated rings. The van der Waals surface area contributed by atoms with Crippen LogP contribution in [0.25, 0.3) is 10.4 Å². The first kappa shape index (κ1) is 29.4. The molecule has 0 amide bonds. The van der Waals surface area contributed by atoms with Crippen LogP contribution in [0.5, 0.6) is 5.75 Å². The lowest BCUT2D eigenvalue weighted by atomic mass is 9.97. The molecule has 7 atom stereocenters. The van der Waals surface area contributed by atoms with Crippen LogP contribution < -0.4 is 20.9 Å². The van der Waals surface area contributed by atoms with Gasteiger partial charge in [-0.3, -0.25) is 23.7 Å². The smallest absolute Gasteiger partial charge is 0.459 e. The quantitative estimate of drug-likeness (QED) is 0.243. The predicted octanol–water partition coefficient (Wildman–Crippen LogP) is 3.06. The number of hydrogen-bond donors (Lipinski definition) is 3. The van der Waals surface area contributed by atoms with E-state index in [1.165, 1.54) is 6.92 Å². The SMILES string of the molecule is COC(=O)[C@H](C)NP(=O)(Oc1ccc(-c2sccc2C)cc1)O[C@H]1C[C@]12O[C@@H](n1ccc(=O)[nH]c1=O)[C@](C)(F)[C@@H]2O. The van der Waals surface area contributed by atoms with Crippen molar-refractivity contribution in [2.24, 2.45) is 0 Å². The largest absolute Gasteiger partial charge is 0.468 e. The Labute approximate surface area is 237 Å². The molecule has 1 aromatic carbocycles. The van der Waals surface area contributed by atoms with Gasteiger partial charge in [-0.15, -0.1) is 11.3 Å². The minimum Gasteiger partial charge on any atom is -0.468 e. The van der Waals surface area contributed by atoms with E-state index >= 15 is 4.39 Å². The van der Waals surface area contributed by atoms with Crippen LogP contribution in [0, 0.1) is 6.92 Å². The van der Waals surface area contributed by atoms with Crippen molar-refractivity contribution in [1.29, 1.82) is 0 Å². The number of esters is 1. The number of nitrogens with one attached hydrogen (secondary N) is 2. The standard InChI is InChI=1S/C26H29FN3O9PS/c1-14-10-12-41-20(14)16-5-7-17(8-6-16)38-40(35,29-15(2)21(32)36-4)39-18-13-26(18)22(33)25(3,27)23(37-26)30-11-9-19(31)28-24(30)34/h5-12,15,18,22-23,33H,13H2,1-4H3,(H,29,35)(H,28,31,34)/t15-,18-,22-,23+,25+,26-,40?/m0/s1. The number of ether oxygens (including phenoxy) is 2. The summed E-state index contributed by atoms with van der Waals surface area (Å²) in [5.74, 6) is -0.580. The highest BCUT2D eigenvalue weighted by Gasteiger charge is 2.76. The maximum atomic E-state index is 15.8. The van der Waals surface area contributed by atoms with Gasteiger partial charge in [0.2, 0.25) is 0 Å². The van der Waals surface area contributed by atoms with Crippen molar-refractivity contribution in [1.82, 2.24) is 14.6 Å². The summed E-state index contributed by atoms with van der Waals surface area (Å²) in [7, 11) is -3.21. The average molecular weight is 610 g/mol. The number of H-pyrrole nitrogens is 1. The third-order valence-corrected chi connectivity index (χ3v) is 9.93. The fraction of sp³-hybridized carbons (Fsp3) is 0.423. The summed E-state index contributed by atoms with van der Waals surface area (Å²) in [6.07, 6.45) is -3.61. The number of aromatic nitrogens is 2. The molecule has 3 heterocycles. The van der Waals surface area contributed by atoms with Crippen molar-refractivity contribution < 1.29 is 37.4 Å². The number of carbonyl (C=O) groups is 1. The van der Waals surface area contributed by atoms with Gasteiger partial charge < -0.3 is 19.1 Å². The van der Waals surface area contributed by atoms with Gasteiger partial charge in [0.05, 0.1) is 7.11 Å². The van der Waals surface area contributed by atoms with E-state index < -0.39 is 60.7 Å². The molecular weight excluding hydrogens is 580 g/mol. The van der Waals surface area contributed by atoms with E-state index in [1.54, 1.807) is 35.6 Å². The number of halogens is 1. The Balaban J connectivity index is 1.39. The molecule has 41 heavy (non-hydrogen) atoms. The molecule has 220 valence electrons. The van der Waals surface area contributed by atoms with Crippen molar-refractivity contribution >= 4 is 25.1 Å². The van der Waals surface area contributed by atoms with Gasteiger partial charge >= 0.3 is 19.4 Å². The van der Waals surface area contributed by atoms with Gasteiger partial charge in [-0.05, 0) is 67.6 Å². The number of nitrogens with zero attached hydrogens (tertiary/aromatic N) is 1. The Morgan fingerprint density at radius 1 is 1.29 bits per heavy atom. The van der Waals surface area contributed by atoms with E-state index in [0.717, 1.165) is 46.9 Å². The van der Waals surface area contributed by atoms with Crippen molar-refractivity contribution in [2.45, 2.75) is 62.9 Å². The number of aliphatic hydroxyl groups is 1. The summed E-state index contributed by atoms with van der Waals surface area (Å²) in [4.78, 5) is 39.0. The third kappa shape index (κ3) is 5.43. The van der Waals surface area contributed by atoms with E-state index in [9.17, 15) is 24.1 Å². The fourth-order valence-corrected chi connectivity index (χ4v) is 7.55. The van der Waals surface area contributed by atoms with E-state index in [0.29, 0.717) is 0 Å². The molecule has 1 unspecified atom stereocenters. The van der Waals surface area contributed by atoms with Crippen molar-refractivity contribution in [3.05, 3.63) is 74.4 Å². The average Bonchev–Trinajstić information content (AvgIpc) is 3.33. The maximum absolute atomic E-state index is 15.8. The number of aromatic amines is 1. The van der Waals surface area contributed by atoms with E-state index in [2.05, 4.69) is 5.09 Å². The summed E-state index contributed by atoms with van der Waals surface area (Å²) >= 11 is 1.57. The fourth-order valence-electron chi connectivity index (χ4n) is 4.90. The monoisotopic (exact) mass is 609 g/mol. The molecule has 3 aromatic rings. The minimum atomic E-state index is -4.38. The zero-order valence-electron chi connectivity index (χ0n) is 22.5. The number of thiophene rings is 1. The van der Waals surface area contributed by atoms with Crippen LogP contribution in [0.4, 0.5) is 4.39 Å². The molecule has 0 bridgehead atoms. The van der Waals surface area contributed by atoms with Crippen molar-refractivity contribution in [2.75, 3.05) is 7.11 Å². The number of carbonyl (C=O) groups excluding carboxylic acids is 1. The second-order valence-corrected chi connectivity index (χ2v) is 12.8. The second-order valence-electron chi connectivity index (χ2n) is 10.2. The van der Waals surface area contributed by atoms with Gasteiger partial charge in [0.25, 0.3) is 5.56 Å². The van der Waals surface area contributed by atoms with Crippen LogP contribution in [0.2, 0.25) is 0 Å². The van der Waals surface area contributed by atoms with Crippen LogP contribution >= 0.6 is 19.1 Å². The Morgan fingerprint density at radius 2 is 2.00 bits per heavy atom. The predicted molar refractivity (Wildman–Crippen MR) is 147 cm³/mol. The van der Waals surface area contributed by atoms with Crippen LogP contribution in [0.15, 0.2) is 57.6 Å². The van der Waals surface area contributed by atoms with Crippen LogP contribution in [0.3, 0.4) is 0 Å². The molecule has 1 aliphatic heterocycles. The lowest BCUT2D eigenvalue weighted by Crippen LogP contribution is -2.44. The van der Waals surface area contributed by atoms with Gasteiger partial charge in [0.1, 0.15) is 29.6 Å². The number of methoxy groups -OCH3 is 1. The zero-order valence-corrected chi connectivity index (χ0v) is 24.2. The minimum absolute atomic E-state index is 0.0967. The second kappa shape index (κ2) is 10.6. The summed E-state index contributed by atoms with van der Waals surface area (Å²) in [6.45, 7) is 4.44. The number of aliphatic hydroxyl groups excluding tert-OH is 1. The Hall–Kier alpha value is -3.13. The lowest BCUT2D eigenvalue weighted by molar-refractivity contribution is -0.142. The molecule has 1 saturated carbocycles. The van der Waals surface area contributed by atoms with Gasteiger partial charge in [-0.2, -0.15) is 5.09 Å². The number of benzene rings is 1. The van der Waals surface area contributed by atoms with Crippen molar-refractivity contribution in [3.63, 3.8) is 0 Å². The molecule has 2 aliphatic rings. The molecule has 15 heteroatoms. The van der Waals surface area contributed by atoms with E-state index in [1.807, 2.05) is 23.4 Å². The number of aryl methyl sites for hydroxylation is 1. The molecule has 12 nitrogen and oxygen atoms in total. The highest BCUT2D eigenvalue weighted by atomic mass is 32.1. The first-order chi connectivity index (χ1) is 19.3. The molecule has 2 aromatic heterocycles. The summed E-state index contributed by atoms with van der Waals surface area (Å²) < 4.78 is 52.7. The van der Waals surface area contributed by atoms with Crippen LogP contribution in [0.1, 0.15) is 32.1 Å². The first-order valence-corrected chi connectivity index (χ1v) is 15.1. The Bertz CT molecular complexity index is 1620. The molecule has 1 aliphatic carbocycles. The topological polar surface area (TPSA) is 158 Å². The molecule has 1 spiro atoms. The molecular formula is C26H29FN3O9PS. The zero-order chi connectivity index (χ0) is 29.7. The highest BCUT2D eigenvalue weighted by molar-refractivity contribution is 7.52. The number of hydrogen-bond acceptors (Lipinski definition) is 10. The maximum Gasteiger partial charge on any atom is 0.459 e. The normalized spacial score (nSPS) is 29.2. The molecule has 3 N–H and O–H groups in total. The Kier molecular flexibility index (Phi) is 7.60. The third-order valence-electron chi connectivity index (χ3n) is 7.18. The first-order valence-electron chi connectivity index (χ1n) is 12.6. The van der Waals surface area contributed by atoms with Gasteiger partial charge in [0, 0.05) is 23.6 Å².